The number of aliphatic hydroxyl groups excluding tert-OH is 1. The molecule has 0 aliphatic carbocycles. The zero-order valence-electron chi connectivity index (χ0n) is 13.3. The Morgan fingerprint density at radius 1 is 1.31 bits per heavy atom. The minimum absolute atomic E-state index is 0.162. The molecular weight excluding hydrogens is 369 g/mol. The first-order valence-corrected chi connectivity index (χ1v) is 8.49. The van der Waals surface area contributed by atoms with E-state index in [1.807, 2.05) is 16.0 Å². The topological polar surface area (TPSA) is 78.7 Å². The first kappa shape index (κ1) is 18.2. The third-order valence-corrected chi connectivity index (χ3v) is 4.43. The maximum Gasteiger partial charge on any atom is 0.416 e. The lowest BCUT2D eigenvalue weighted by molar-refractivity contribution is -0.139. The van der Waals surface area contributed by atoms with Crippen molar-refractivity contribution in [2.24, 2.45) is 0 Å². The summed E-state index contributed by atoms with van der Waals surface area (Å²) in [5.74, 6) is 0. The van der Waals surface area contributed by atoms with Crippen molar-refractivity contribution in [2.45, 2.75) is 18.8 Å². The van der Waals surface area contributed by atoms with Crippen molar-refractivity contribution in [3.05, 3.63) is 58.9 Å². The normalized spacial score (nSPS) is 12.9. The third kappa shape index (κ3) is 4.14. The van der Waals surface area contributed by atoms with Crippen LogP contribution in [0.2, 0.25) is 0 Å². The molecule has 2 aromatic heterocycles. The molecule has 6 nitrogen and oxygen atoms in total. The monoisotopic (exact) mass is 384 g/mol. The van der Waals surface area contributed by atoms with Gasteiger partial charge in [-0.05, 0) is 11.6 Å². The molecule has 3 N–H and O–H groups in total. The largest absolute Gasteiger partial charge is 0.416 e. The van der Waals surface area contributed by atoms with Crippen molar-refractivity contribution >= 4 is 22.3 Å². The lowest BCUT2D eigenvalue weighted by Gasteiger charge is -2.18. The van der Waals surface area contributed by atoms with Crippen molar-refractivity contribution in [2.75, 3.05) is 6.54 Å². The van der Waals surface area contributed by atoms with Crippen LogP contribution in [-0.2, 0) is 12.7 Å². The highest BCUT2D eigenvalue weighted by Gasteiger charge is 2.34. The van der Waals surface area contributed by atoms with Gasteiger partial charge in [-0.3, -0.25) is 4.40 Å². The average molecular weight is 384 g/mol. The fourth-order valence-electron chi connectivity index (χ4n) is 2.44. The molecule has 1 aromatic carbocycles. The number of aromatic nitrogens is 2. The molecule has 138 valence electrons. The lowest BCUT2D eigenvalue weighted by Crippen LogP contribution is -2.37. The van der Waals surface area contributed by atoms with Crippen LogP contribution in [0.4, 0.5) is 18.0 Å². The van der Waals surface area contributed by atoms with Crippen molar-refractivity contribution < 1.29 is 23.1 Å². The van der Waals surface area contributed by atoms with Crippen molar-refractivity contribution in [3.8, 4) is 0 Å². The summed E-state index contributed by atoms with van der Waals surface area (Å²) in [7, 11) is 0. The summed E-state index contributed by atoms with van der Waals surface area (Å²) >= 11 is 1.46. The molecule has 3 aromatic rings. The molecule has 0 fully saturated rings. The molecule has 0 saturated heterocycles. The smallest absolute Gasteiger partial charge is 0.387 e. The number of thiazole rings is 1. The average Bonchev–Trinajstić information content (AvgIpc) is 3.18. The number of hydrogen-bond acceptors (Lipinski definition) is 4. The van der Waals surface area contributed by atoms with Gasteiger partial charge in [0, 0.05) is 24.3 Å². The zero-order valence-corrected chi connectivity index (χ0v) is 14.1. The number of imidazole rings is 1. The molecule has 0 spiro atoms. The Morgan fingerprint density at radius 3 is 2.81 bits per heavy atom. The molecule has 0 saturated carbocycles. The lowest BCUT2D eigenvalue weighted by atomic mass is 10.0. The second-order valence-electron chi connectivity index (χ2n) is 5.49. The first-order valence-electron chi connectivity index (χ1n) is 7.61. The predicted molar refractivity (Wildman–Crippen MR) is 89.7 cm³/mol. The number of carbonyl (C=O) groups is 1. The molecule has 26 heavy (non-hydrogen) atoms. The number of halogens is 3. The summed E-state index contributed by atoms with van der Waals surface area (Å²) in [6.07, 6.45) is -2.45. The summed E-state index contributed by atoms with van der Waals surface area (Å²) in [6, 6.07) is 4.12. The fourth-order valence-corrected chi connectivity index (χ4v) is 3.16. The van der Waals surface area contributed by atoms with Gasteiger partial charge in [-0.2, -0.15) is 13.2 Å². The Labute approximate surface area is 150 Å². The van der Waals surface area contributed by atoms with Crippen LogP contribution in [0.1, 0.15) is 22.9 Å². The van der Waals surface area contributed by atoms with Crippen LogP contribution in [0.15, 0.2) is 42.0 Å². The van der Waals surface area contributed by atoms with E-state index in [0.29, 0.717) is 5.69 Å². The highest BCUT2D eigenvalue weighted by atomic mass is 32.1. The summed E-state index contributed by atoms with van der Waals surface area (Å²) < 4.78 is 40.7. The number of hydrogen-bond donors (Lipinski definition) is 3. The Morgan fingerprint density at radius 2 is 2.08 bits per heavy atom. The van der Waals surface area contributed by atoms with E-state index in [0.717, 1.165) is 11.0 Å². The predicted octanol–water partition coefficient (Wildman–Crippen LogP) is 2.95. The number of benzene rings is 1. The second-order valence-corrected chi connectivity index (χ2v) is 6.36. The molecule has 2 heterocycles. The van der Waals surface area contributed by atoms with Crippen LogP contribution in [0.5, 0.6) is 0 Å². The van der Waals surface area contributed by atoms with E-state index < -0.39 is 23.9 Å². The minimum atomic E-state index is -4.58. The Balaban J connectivity index is 1.53. The Hall–Kier alpha value is -2.59. The quantitative estimate of drug-likeness (QED) is 0.633. The van der Waals surface area contributed by atoms with Crippen LogP contribution in [0.3, 0.4) is 0 Å². The number of rotatable bonds is 5. The Bertz CT molecular complexity index is 878. The van der Waals surface area contributed by atoms with Gasteiger partial charge in [0.05, 0.1) is 23.9 Å². The van der Waals surface area contributed by atoms with Gasteiger partial charge < -0.3 is 15.7 Å². The van der Waals surface area contributed by atoms with Gasteiger partial charge in [-0.25, -0.2) is 9.78 Å². The number of nitrogens with zero attached hydrogens (tertiary/aromatic N) is 2. The number of alkyl halides is 3. The van der Waals surface area contributed by atoms with Crippen molar-refractivity contribution in [1.82, 2.24) is 20.0 Å². The van der Waals surface area contributed by atoms with Crippen molar-refractivity contribution in [1.29, 1.82) is 0 Å². The van der Waals surface area contributed by atoms with Crippen LogP contribution in [-0.4, -0.2) is 27.1 Å². The summed E-state index contributed by atoms with van der Waals surface area (Å²) in [5.41, 5.74) is -0.558. The van der Waals surface area contributed by atoms with E-state index in [4.69, 9.17) is 0 Å². The number of fused-ring (bicyclic) bond motifs is 1. The van der Waals surface area contributed by atoms with Gasteiger partial charge in [0.15, 0.2) is 4.96 Å². The number of aliphatic hydroxyl groups is 1. The van der Waals surface area contributed by atoms with Crippen LogP contribution in [0.25, 0.3) is 4.96 Å². The molecule has 1 unspecified atom stereocenters. The van der Waals surface area contributed by atoms with Crippen LogP contribution in [0, 0.1) is 0 Å². The van der Waals surface area contributed by atoms with E-state index >= 15 is 0 Å². The van der Waals surface area contributed by atoms with Crippen LogP contribution >= 0.6 is 11.3 Å². The van der Waals surface area contributed by atoms with Gasteiger partial charge in [0.25, 0.3) is 0 Å². The maximum atomic E-state index is 13.0. The molecular formula is C16H15F3N4O2S. The SMILES string of the molecule is O=C(NCc1cn2ccsc2n1)NCC(O)c1ccccc1C(F)(F)F. The van der Waals surface area contributed by atoms with Gasteiger partial charge in [0.2, 0.25) is 0 Å². The van der Waals surface area contributed by atoms with Gasteiger partial charge in [-0.1, -0.05) is 18.2 Å². The van der Waals surface area contributed by atoms with E-state index in [-0.39, 0.29) is 18.7 Å². The van der Waals surface area contributed by atoms with E-state index in [1.165, 1.54) is 29.5 Å². The molecule has 10 heteroatoms. The van der Waals surface area contributed by atoms with Gasteiger partial charge in [-0.15, -0.1) is 11.3 Å². The van der Waals surface area contributed by atoms with E-state index in [1.54, 1.807) is 6.20 Å². The van der Waals surface area contributed by atoms with Gasteiger partial charge in [0.1, 0.15) is 0 Å². The molecule has 0 aliphatic heterocycles. The molecule has 1 atom stereocenters. The second kappa shape index (κ2) is 7.34. The maximum absolute atomic E-state index is 13.0. The molecule has 0 bridgehead atoms. The van der Waals surface area contributed by atoms with E-state index in [2.05, 4.69) is 15.6 Å². The first-order chi connectivity index (χ1) is 12.3. The molecule has 0 aliphatic rings. The Kier molecular flexibility index (Phi) is 5.14. The van der Waals surface area contributed by atoms with Crippen molar-refractivity contribution in [3.63, 3.8) is 0 Å². The highest BCUT2D eigenvalue weighted by molar-refractivity contribution is 7.15. The molecule has 0 radical (unpaired) electrons. The molecule has 3 rings (SSSR count). The number of carbonyl (C=O) groups excluding carboxylic acids is 1. The van der Waals surface area contributed by atoms with Gasteiger partial charge >= 0.3 is 12.2 Å². The van der Waals surface area contributed by atoms with E-state index in [9.17, 15) is 23.1 Å². The molecule has 2 amide bonds. The zero-order chi connectivity index (χ0) is 18.7. The minimum Gasteiger partial charge on any atom is -0.387 e. The number of nitrogens with one attached hydrogen (secondary N) is 2. The summed E-state index contributed by atoms with van der Waals surface area (Å²) in [6.45, 7) is -0.188. The highest BCUT2D eigenvalue weighted by Crippen LogP contribution is 2.34. The summed E-state index contributed by atoms with van der Waals surface area (Å²) in [4.78, 5) is 16.9. The van der Waals surface area contributed by atoms with Crippen LogP contribution < -0.4 is 10.6 Å². The number of amides is 2. The number of urea groups is 1. The summed E-state index contributed by atoms with van der Waals surface area (Å²) in [5, 5.41) is 16.8. The third-order valence-electron chi connectivity index (χ3n) is 3.65. The fraction of sp³-hybridized carbons (Fsp3) is 0.250. The standard InChI is InChI=1S/C16H15F3N4O2S/c17-16(18,19)12-4-2-1-3-11(12)13(24)8-21-14(25)20-7-10-9-23-5-6-26-15(23)22-10/h1-6,9,13,24H,7-8H2,(H2,20,21,25).